The second-order valence-electron chi connectivity index (χ2n) is 5.00. The molecule has 14 heavy (non-hydrogen) atoms. The van der Waals surface area contributed by atoms with Crippen molar-refractivity contribution in [3.05, 3.63) is 0 Å². The summed E-state index contributed by atoms with van der Waals surface area (Å²) in [5.41, 5.74) is 0.334. The highest BCUT2D eigenvalue weighted by Gasteiger charge is 2.44. The van der Waals surface area contributed by atoms with E-state index < -0.39 is 0 Å². The van der Waals surface area contributed by atoms with Crippen LogP contribution in [0.5, 0.6) is 0 Å². The fourth-order valence-corrected chi connectivity index (χ4v) is 2.40. The molecule has 3 heteroatoms. The Morgan fingerprint density at radius 1 is 0.929 bits per heavy atom. The third-order valence-corrected chi connectivity index (χ3v) is 3.98. The van der Waals surface area contributed by atoms with Crippen LogP contribution in [-0.2, 0) is 9.47 Å². The van der Waals surface area contributed by atoms with Crippen LogP contribution in [0.2, 0.25) is 0 Å². The van der Waals surface area contributed by atoms with Crippen molar-refractivity contribution >= 4 is 0 Å². The number of rotatable bonds is 1. The molecule has 1 heterocycles. The van der Waals surface area contributed by atoms with Gasteiger partial charge in [0.1, 0.15) is 0 Å². The van der Waals surface area contributed by atoms with E-state index in [1.807, 2.05) is 0 Å². The lowest BCUT2D eigenvalue weighted by Gasteiger charge is -2.45. The van der Waals surface area contributed by atoms with Gasteiger partial charge in [0.2, 0.25) is 0 Å². The summed E-state index contributed by atoms with van der Waals surface area (Å²) in [7, 11) is 4.32. The van der Waals surface area contributed by atoms with E-state index in [0.29, 0.717) is 5.54 Å². The highest BCUT2D eigenvalue weighted by Crippen LogP contribution is 2.41. The summed E-state index contributed by atoms with van der Waals surface area (Å²) in [5.74, 6) is -0.213. The first-order chi connectivity index (χ1) is 6.56. The lowest BCUT2D eigenvalue weighted by Crippen LogP contribution is -2.49. The molecule has 0 amide bonds. The molecule has 0 aromatic heterocycles. The number of hydrogen-bond donors (Lipinski definition) is 0. The van der Waals surface area contributed by atoms with Crippen LogP contribution in [0.1, 0.15) is 32.6 Å². The van der Waals surface area contributed by atoms with E-state index in [1.54, 1.807) is 0 Å². The number of ether oxygens (including phenoxy) is 2. The third kappa shape index (κ3) is 1.69. The Hall–Kier alpha value is -0.120. The zero-order valence-electron chi connectivity index (χ0n) is 9.51. The molecule has 0 aromatic carbocycles. The molecule has 2 fully saturated rings. The fourth-order valence-electron chi connectivity index (χ4n) is 2.40. The Labute approximate surface area is 86.4 Å². The molecule has 1 aliphatic carbocycles. The lowest BCUT2D eigenvalue weighted by molar-refractivity contribution is -0.190. The Balaban J connectivity index is 1.97. The summed E-state index contributed by atoms with van der Waals surface area (Å²) in [6.45, 7) is 3.88. The van der Waals surface area contributed by atoms with Gasteiger partial charge in [-0.25, -0.2) is 0 Å². The number of hydrogen-bond acceptors (Lipinski definition) is 3. The first kappa shape index (κ1) is 10.4. The van der Waals surface area contributed by atoms with Gasteiger partial charge < -0.3 is 14.4 Å². The van der Waals surface area contributed by atoms with Crippen LogP contribution in [0, 0.1) is 0 Å². The lowest BCUT2D eigenvalue weighted by atomic mass is 9.79. The fraction of sp³-hybridized carbons (Fsp3) is 1.00. The SMILES string of the molecule is CN(C)C1(C)CCC2(CC1)OCCO2. The van der Waals surface area contributed by atoms with Crippen LogP contribution < -0.4 is 0 Å². The molecule has 2 rings (SSSR count). The molecule has 3 nitrogen and oxygen atoms in total. The van der Waals surface area contributed by atoms with E-state index in [9.17, 15) is 0 Å². The number of nitrogens with zero attached hydrogens (tertiary/aromatic N) is 1. The van der Waals surface area contributed by atoms with Gasteiger partial charge in [-0.1, -0.05) is 0 Å². The van der Waals surface area contributed by atoms with Crippen molar-refractivity contribution in [2.45, 2.75) is 43.9 Å². The predicted octanol–water partition coefficient (Wildman–Crippen LogP) is 1.62. The third-order valence-electron chi connectivity index (χ3n) is 3.98. The molecule has 0 unspecified atom stereocenters. The highest BCUT2D eigenvalue weighted by molar-refractivity contribution is 4.93. The standard InChI is InChI=1S/C11H21NO2/c1-10(12(2)3)4-6-11(7-5-10)13-8-9-14-11/h4-9H2,1-3H3. The summed E-state index contributed by atoms with van der Waals surface area (Å²) in [6, 6.07) is 0. The maximum absolute atomic E-state index is 5.71. The van der Waals surface area contributed by atoms with Crippen LogP contribution in [0.15, 0.2) is 0 Å². The minimum Gasteiger partial charge on any atom is -0.348 e. The van der Waals surface area contributed by atoms with Crippen molar-refractivity contribution in [3.8, 4) is 0 Å². The summed E-state index contributed by atoms with van der Waals surface area (Å²) in [6.07, 6.45) is 4.42. The minimum absolute atomic E-state index is 0.213. The van der Waals surface area contributed by atoms with Gasteiger partial charge in [-0.2, -0.15) is 0 Å². The van der Waals surface area contributed by atoms with E-state index in [1.165, 1.54) is 12.8 Å². The zero-order chi connectivity index (χ0) is 10.2. The van der Waals surface area contributed by atoms with Gasteiger partial charge in [0.25, 0.3) is 0 Å². The molecule has 2 aliphatic rings. The molecule has 1 spiro atoms. The average Bonchev–Trinajstić information content (AvgIpc) is 2.60. The second-order valence-corrected chi connectivity index (χ2v) is 5.00. The maximum atomic E-state index is 5.71. The van der Waals surface area contributed by atoms with Crippen molar-refractivity contribution in [1.82, 2.24) is 4.90 Å². The molecular formula is C11H21NO2. The van der Waals surface area contributed by atoms with Gasteiger partial charge in [0, 0.05) is 18.4 Å². The normalized spacial score (nSPS) is 30.0. The first-order valence-corrected chi connectivity index (χ1v) is 5.52. The maximum Gasteiger partial charge on any atom is 0.168 e. The highest BCUT2D eigenvalue weighted by atomic mass is 16.7. The smallest absolute Gasteiger partial charge is 0.168 e. The molecule has 1 aliphatic heterocycles. The van der Waals surface area contributed by atoms with E-state index >= 15 is 0 Å². The van der Waals surface area contributed by atoms with Gasteiger partial charge in [-0.15, -0.1) is 0 Å². The Morgan fingerprint density at radius 2 is 1.43 bits per heavy atom. The monoisotopic (exact) mass is 199 g/mol. The molecule has 1 saturated heterocycles. The minimum atomic E-state index is -0.213. The predicted molar refractivity (Wildman–Crippen MR) is 55.2 cm³/mol. The van der Waals surface area contributed by atoms with Gasteiger partial charge in [-0.3, -0.25) is 0 Å². The van der Waals surface area contributed by atoms with E-state index in [4.69, 9.17) is 9.47 Å². The first-order valence-electron chi connectivity index (χ1n) is 5.52. The summed E-state index contributed by atoms with van der Waals surface area (Å²) >= 11 is 0. The molecule has 82 valence electrons. The van der Waals surface area contributed by atoms with Crippen LogP contribution in [-0.4, -0.2) is 43.5 Å². The molecule has 0 bridgehead atoms. The Bertz CT molecular complexity index is 193. The topological polar surface area (TPSA) is 21.7 Å². The van der Waals surface area contributed by atoms with E-state index in [2.05, 4.69) is 25.9 Å². The molecule has 0 atom stereocenters. The van der Waals surface area contributed by atoms with Gasteiger partial charge in [0.05, 0.1) is 13.2 Å². The van der Waals surface area contributed by atoms with Crippen molar-refractivity contribution in [3.63, 3.8) is 0 Å². The van der Waals surface area contributed by atoms with E-state index in [0.717, 1.165) is 26.1 Å². The van der Waals surface area contributed by atoms with Crippen LogP contribution in [0.25, 0.3) is 0 Å². The van der Waals surface area contributed by atoms with Gasteiger partial charge in [-0.05, 0) is 33.9 Å². The molecule has 0 radical (unpaired) electrons. The largest absolute Gasteiger partial charge is 0.348 e. The zero-order valence-corrected chi connectivity index (χ0v) is 9.51. The second kappa shape index (κ2) is 3.47. The van der Waals surface area contributed by atoms with Crippen LogP contribution in [0.4, 0.5) is 0 Å². The molecular weight excluding hydrogens is 178 g/mol. The van der Waals surface area contributed by atoms with E-state index in [-0.39, 0.29) is 5.79 Å². The Kier molecular flexibility index (Phi) is 2.58. The molecule has 1 saturated carbocycles. The van der Waals surface area contributed by atoms with Gasteiger partial charge >= 0.3 is 0 Å². The van der Waals surface area contributed by atoms with Crippen molar-refractivity contribution < 1.29 is 9.47 Å². The van der Waals surface area contributed by atoms with Crippen molar-refractivity contribution in [2.75, 3.05) is 27.3 Å². The van der Waals surface area contributed by atoms with Crippen LogP contribution in [0.3, 0.4) is 0 Å². The van der Waals surface area contributed by atoms with Crippen molar-refractivity contribution in [1.29, 1.82) is 0 Å². The summed E-state index contributed by atoms with van der Waals surface area (Å²) in [4.78, 5) is 2.33. The molecule has 0 N–H and O–H groups in total. The molecule has 0 aromatic rings. The quantitative estimate of drug-likeness (QED) is 0.640. The summed E-state index contributed by atoms with van der Waals surface area (Å²) in [5, 5.41) is 0. The van der Waals surface area contributed by atoms with Crippen molar-refractivity contribution in [2.24, 2.45) is 0 Å². The Morgan fingerprint density at radius 3 is 1.86 bits per heavy atom. The van der Waals surface area contributed by atoms with Crippen LogP contribution >= 0.6 is 0 Å². The van der Waals surface area contributed by atoms with Gasteiger partial charge in [0.15, 0.2) is 5.79 Å². The average molecular weight is 199 g/mol. The summed E-state index contributed by atoms with van der Waals surface area (Å²) < 4.78 is 11.4.